The normalized spacial score (nSPS) is 12.7. The van der Waals surface area contributed by atoms with Crippen molar-refractivity contribution in [3.8, 4) is 11.1 Å². The Hall–Kier alpha value is -3.95. The molecule has 1 heterocycles. The summed E-state index contributed by atoms with van der Waals surface area (Å²) in [4.78, 5) is 14.8. The van der Waals surface area contributed by atoms with Crippen LogP contribution in [0.25, 0.3) is 11.1 Å². The zero-order chi connectivity index (χ0) is 34.2. The van der Waals surface area contributed by atoms with Gasteiger partial charge < -0.3 is 20.4 Å². The van der Waals surface area contributed by atoms with Gasteiger partial charge in [-0.05, 0) is 65.4 Å². The minimum absolute atomic E-state index is 0.127. The number of ether oxygens (including phenoxy) is 1. The molecular weight excluding hydrogens is 611 g/mol. The first-order valence-corrected chi connectivity index (χ1v) is 20.1. The average Bonchev–Trinajstić information content (AvgIpc) is 3.39. The highest BCUT2D eigenvalue weighted by atomic mass is 28.3. The van der Waals surface area contributed by atoms with Gasteiger partial charge in [-0.2, -0.15) is 0 Å². The van der Waals surface area contributed by atoms with E-state index in [1.54, 1.807) is 0 Å². The van der Waals surface area contributed by atoms with Crippen LogP contribution in [0.4, 0.5) is 19.3 Å². The summed E-state index contributed by atoms with van der Waals surface area (Å²) >= 11 is 0. The van der Waals surface area contributed by atoms with Gasteiger partial charge in [0.1, 0.15) is 11.6 Å². The number of nitrogen functional groups attached to an aromatic ring is 1. The molecule has 47 heavy (non-hydrogen) atoms. The van der Waals surface area contributed by atoms with E-state index in [1.807, 2.05) is 54.7 Å². The van der Waals surface area contributed by atoms with Crippen LogP contribution in [0.15, 0.2) is 85.1 Å². The number of nitrogens with zero attached hydrogens (tertiary/aromatic N) is 2. The first-order chi connectivity index (χ1) is 22.2. The van der Waals surface area contributed by atoms with Crippen LogP contribution in [-0.2, 0) is 17.8 Å². The largest absolute Gasteiger partial charge is 0.450 e. The highest BCUT2D eigenvalue weighted by molar-refractivity contribution is 6.76. The Morgan fingerprint density at radius 1 is 0.979 bits per heavy atom. The minimum atomic E-state index is -1.30. The number of aromatic nitrogens is 1. The van der Waals surface area contributed by atoms with Crippen molar-refractivity contribution in [3.05, 3.63) is 114 Å². The van der Waals surface area contributed by atoms with Gasteiger partial charge >= 0.3 is 6.09 Å². The summed E-state index contributed by atoms with van der Waals surface area (Å²) in [5.74, 6) is -0.953. The fourth-order valence-corrected chi connectivity index (χ4v) is 6.56. The van der Waals surface area contributed by atoms with E-state index in [0.717, 1.165) is 28.9 Å². The first-order valence-electron chi connectivity index (χ1n) is 16.4. The maximum Gasteiger partial charge on any atom is 0.407 e. The fourth-order valence-electron chi connectivity index (χ4n) is 5.85. The maximum atomic E-state index is 15.1. The second kappa shape index (κ2) is 15.8. The molecule has 3 N–H and O–H groups in total. The van der Waals surface area contributed by atoms with Crippen LogP contribution in [0, 0.1) is 17.0 Å². The molecule has 1 aromatic heterocycles. The van der Waals surface area contributed by atoms with Crippen LogP contribution in [0.5, 0.6) is 0 Å². The van der Waals surface area contributed by atoms with Gasteiger partial charge in [0.15, 0.2) is 0 Å². The van der Waals surface area contributed by atoms with Crippen LogP contribution >= 0.6 is 0 Å². The topological polar surface area (TPSA) is 72.5 Å². The summed E-state index contributed by atoms with van der Waals surface area (Å²) in [6, 6.07) is 24.4. The number of carbonyl (C=O) groups is 1. The Morgan fingerprint density at radius 3 is 2.34 bits per heavy atom. The quantitative estimate of drug-likeness (QED) is 0.0804. The summed E-state index contributed by atoms with van der Waals surface area (Å²) in [6.45, 7) is 16.1. The van der Waals surface area contributed by atoms with Gasteiger partial charge in [0.25, 0.3) is 0 Å². The van der Waals surface area contributed by atoms with E-state index < -0.39 is 19.7 Å². The summed E-state index contributed by atoms with van der Waals surface area (Å²) in [5, 5.41) is 2.92. The number of nitrogens with one attached hydrogen (secondary N) is 1. The molecule has 0 aliphatic heterocycles. The summed E-state index contributed by atoms with van der Waals surface area (Å²) in [6.07, 6.45) is 2.23. The number of alkyl carbamates (subject to hydrolysis) is 1. The number of carbonyl (C=O) groups excluding carboxylic acids is 1. The molecule has 9 heteroatoms. The lowest BCUT2D eigenvalue weighted by atomic mass is 9.82. The second-order valence-corrected chi connectivity index (χ2v) is 20.2. The third kappa shape index (κ3) is 10.8. The summed E-state index contributed by atoms with van der Waals surface area (Å²) < 4.78 is 37.1. The van der Waals surface area contributed by atoms with Crippen molar-refractivity contribution in [3.63, 3.8) is 0 Å². The van der Waals surface area contributed by atoms with Gasteiger partial charge in [-0.1, -0.05) is 82.9 Å². The van der Waals surface area contributed by atoms with Gasteiger partial charge in [-0.15, -0.1) is 0 Å². The monoisotopic (exact) mass is 660 g/mol. The van der Waals surface area contributed by atoms with E-state index in [-0.39, 0.29) is 23.1 Å². The average molecular weight is 661 g/mol. The van der Waals surface area contributed by atoms with E-state index in [1.165, 1.54) is 12.1 Å². The molecule has 4 aromatic rings. The Morgan fingerprint density at radius 2 is 1.68 bits per heavy atom. The van der Waals surface area contributed by atoms with Crippen LogP contribution in [0.2, 0.25) is 25.7 Å². The highest BCUT2D eigenvalue weighted by Crippen LogP contribution is 2.41. The summed E-state index contributed by atoms with van der Waals surface area (Å²) in [5.41, 5.74) is 10.5. The molecule has 0 spiro atoms. The third-order valence-corrected chi connectivity index (χ3v) is 9.88. The van der Waals surface area contributed by atoms with Crippen molar-refractivity contribution in [2.45, 2.75) is 72.0 Å². The first kappa shape index (κ1) is 35.9. The Kier molecular flexibility index (Phi) is 12.0. The van der Waals surface area contributed by atoms with Gasteiger partial charge in [0.2, 0.25) is 0 Å². The lowest BCUT2D eigenvalue weighted by Gasteiger charge is -2.41. The Balaban J connectivity index is 1.68. The smallest absolute Gasteiger partial charge is 0.407 e. The number of benzene rings is 3. The van der Waals surface area contributed by atoms with Gasteiger partial charge in [0, 0.05) is 63.0 Å². The van der Waals surface area contributed by atoms with Crippen molar-refractivity contribution >= 4 is 19.9 Å². The Labute approximate surface area is 279 Å². The molecule has 3 aromatic carbocycles. The molecular formula is C38H50F2N4O2Si. The van der Waals surface area contributed by atoms with Gasteiger partial charge in [-0.3, -0.25) is 4.90 Å². The number of nitrogens with two attached hydrogens (primary N) is 1. The Bertz CT molecular complexity index is 1590. The number of amides is 1. The van der Waals surface area contributed by atoms with Crippen molar-refractivity contribution in [2.75, 3.05) is 25.4 Å². The molecule has 0 radical (unpaired) electrons. The highest BCUT2D eigenvalue weighted by Gasteiger charge is 2.35. The lowest BCUT2D eigenvalue weighted by molar-refractivity contribution is 0.0835. The lowest BCUT2D eigenvalue weighted by Crippen LogP contribution is -2.39. The zero-order valence-corrected chi connectivity index (χ0v) is 29.7. The molecule has 0 bridgehead atoms. The molecule has 0 aliphatic carbocycles. The minimum Gasteiger partial charge on any atom is -0.450 e. The van der Waals surface area contributed by atoms with E-state index >= 15 is 4.39 Å². The van der Waals surface area contributed by atoms with E-state index in [9.17, 15) is 9.18 Å². The molecule has 1 atom stereocenters. The predicted molar refractivity (Wildman–Crippen MR) is 191 cm³/mol. The van der Waals surface area contributed by atoms with E-state index in [2.05, 4.69) is 67.3 Å². The van der Waals surface area contributed by atoms with Crippen molar-refractivity contribution in [2.24, 2.45) is 5.41 Å². The van der Waals surface area contributed by atoms with Crippen LogP contribution in [0.1, 0.15) is 50.1 Å². The molecule has 0 aliphatic rings. The molecule has 0 saturated heterocycles. The molecule has 6 nitrogen and oxygen atoms in total. The molecule has 0 unspecified atom stereocenters. The van der Waals surface area contributed by atoms with Crippen molar-refractivity contribution in [1.82, 2.24) is 14.8 Å². The third-order valence-electron chi connectivity index (χ3n) is 8.17. The fraction of sp³-hybridized carbons (Fsp3) is 0.395. The van der Waals surface area contributed by atoms with E-state index in [0.29, 0.717) is 50.5 Å². The molecule has 1 amide bonds. The number of anilines is 1. The van der Waals surface area contributed by atoms with E-state index in [4.69, 9.17) is 10.5 Å². The number of hydrogen-bond donors (Lipinski definition) is 2. The molecule has 252 valence electrons. The number of hydrogen-bond acceptors (Lipinski definition) is 4. The number of rotatable bonds is 14. The predicted octanol–water partition coefficient (Wildman–Crippen LogP) is 9.11. The van der Waals surface area contributed by atoms with Gasteiger partial charge in [-0.25, -0.2) is 13.6 Å². The van der Waals surface area contributed by atoms with Crippen LogP contribution < -0.4 is 11.1 Å². The van der Waals surface area contributed by atoms with Crippen molar-refractivity contribution < 1.29 is 18.3 Å². The maximum absolute atomic E-state index is 15.1. The van der Waals surface area contributed by atoms with Crippen LogP contribution in [-0.4, -0.2) is 43.3 Å². The second-order valence-electron chi connectivity index (χ2n) is 14.6. The summed E-state index contributed by atoms with van der Waals surface area (Å²) in [7, 11) is -1.30. The SMILES string of the molecule is CC(C)(C)[C@H](c1cc(-c2cc(F)ccc2F)cn1Cc1ccccc1)N(CCCNC(=O)OCC[Si](C)(C)C)Cc1ccc(N)cc1. The number of halogens is 2. The molecule has 0 saturated carbocycles. The van der Waals surface area contributed by atoms with Gasteiger partial charge in [0.05, 0.1) is 12.6 Å². The standard InChI is InChI=1S/C38H50F2N4O2Si/c1-38(2,3)36(35-23-30(33-24-31(39)15-18-34(33)40)27-44(35)26-28-11-8-7-9-12-28)43(25-29-13-16-32(41)17-14-29)20-10-19-42-37(45)46-21-22-47(4,5)6/h7-9,11-18,23-24,27,36H,10,19-22,25-26,41H2,1-6H3,(H,42,45)/t36-/m0/s1. The zero-order valence-electron chi connectivity index (χ0n) is 28.7. The molecule has 4 rings (SSSR count). The van der Waals surface area contributed by atoms with Crippen LogP contribution in [0.3, 0.4) is 0 Å². The van der Waals surface area contributed by atoms with Crippen molar-refractivity contribution in [1.29, 1.82) is 0 Å². The molecule has 0 fully saturated rings.